The lowest BCUT2D eigenvalue weighted by Gasteiger charge is -2.20. The summed E-state index contributed by atoms with van der Waals surface area (Å²) in [6.45, 7) is 1.98. The van der Waals surface area contributed by atoms with E-state index in [1.165, 1.54) is 39.9 Å². The Morgan fingerprint density at radius 1 is 0.720 bits per heavy atom. The molecule has 1 aliphatic carbocycles. The van der Waals surface area contributed by atoms with Crippen molar-refractivity contribution in [1.82, 2.24) is 0 Å². The van der Waals surface area contributed by atoms with Crippen LogP contribution in [-0.4, -0.2) is 37.5 Å². The molecule has 0 spiro atoms. The summed E-state index contributed by atoms with van der Waals surface area (Å²) in [6.07, 6.45) is 10.5. The molecule has 0 unspecified atom stereocenters. The van der Waals surface area contributed by atoms with Gasteiger partial charge in [-0.25, -0.2) is 0 Å². The first kappa shape index (κ1) is 21.4. The molecule has 0 aliphatic heterocycles. The lowest BCUT2D eigenvalue weighted by molar-refractivity contribution is -0.121. The van der Waals surface area contributed by atoms with Crippen LogP contribution in [0, 0.1) is 0 Å². The minimum absolute atomic E-state index is 0.00921. The molecule has 0 radical (unpaired) electrons. The van der Waals surface area contributed by atoms with Gasteiger partial charge in [0.1, 0.15) is 0 Å². The third kappa shape index (κ3) is 6.31. The fraction of sp³-hybridized carbons (Fsp3) is 0.700. The van der Waals surface area contributed by atoms with E-state index >= 15 is 0 Å². The van der Waals surface area contributed by atoms with E-state index in [0.717, 1.165) is 32.1 Å². The van der Waals surface area contributed by atoms with Crippen molar-refractivity contribution in [2.75, 3.05) is 20.8 Å². The maximum atomic E-state index is 12.5. The van der Waals surface area contributed by atoms with Gasteiger partial charge in [0.15, 0.2) is 0 Å². The minimum atomic E-state index is -0.253. The highest BCUT2D eigenvalue weighted by molar-refractivity contribution is 6.23. The second-order valence-electron chi connectivity index (χ2n) is 6.48. The number of ether oxygens (including phenoxy) is 2. The molecule has 0 heterocycles. The maximum Gasteiger partial charge on any atom is 0.228 e. The van der Waals surface area contributed by atoms with Gasteiger partial charge in [0.25, 0.3) is 0 Å². The van der Waals surface area contributed by atoms with Gasteiger partial charge < -0.3 is 14.6 Å². The molecule has 1 rings (SSSR count). The van der Waals surface area contributed by atoms with E-state index in [1.807, 2.05) is 0 Å². The van der Waals surface area contributed by atoms with E-state index < -0.39 is 0 Å². The molecular weight excluding hydrogens is 320 g/mol. The van der Waals surface area contributed by atoms with Crippen LogP contribution in [0.4, 0.5) is 0 Å². The molecular formula is C20H32O5. The van der Waals surface area contributed by atoms with Gasteiger partial charge >= 0.3 is 0 Å². The zero-order valence-electron chi connectivity index (χ0n) is 15.9. The molecule has 0 fully saturated rings. The van der Waals surface area contributed by atoms with Gasteiger partial charge in [-0.15, -0.1) is 0 Å². The Bertz CT molecular complexity index is 516. The van der Waals surface area contributed by atoms with Crippen molar-refractivity contribution in [2.24, 2.45) is 0 Å². The summed E-state index contributed by atoms with van der Waals surface area (Å²) in [5.41, 5.74) is 1.04. The number of hydrogen-bond donors (Lipinski definition) is 1. The summed E-state index contributed by atoms with van der Waals surface area (Å²) >= 11 is 0. The number of methoxy groups -OCH3 is 2. The molecule has 25 heavy (non-hydrogen) atoms. The van der Waals surface area contributed by atoms with Crippen LogP contribution in [0.15, 0.2) is 22.7 Å². The summed E-state index contributed by atoms with van der Waals surface area (Å²) in [4.78, 5) is 24.8. The summed E-state index contributed by atoms with van der Waals surface area (Å²) in [7, 11) is 2.76. The average Bonchev–Trinajstić information content (AvgIpc) is 2.61. The molecule has 5 nitrogen and oxygen atoms in total. The van der Waals surface area contributed by atoms with Crippen LogP contribution in [0.5, 0.6) is 0 Å². The molecule has 0 saturated heterocycles. The van der Waals surface area contributed by atoms with E-state index in [4.69, 9.17) is 14.6 Å². The van der Waals surface area contributed by atoms with Gasteiger partial charge in [0.05, 0.1) is 14.2 Å². The molecule has 1 aliphatic rings. The number of hydrogen-bond acceptors (Lipinski definition) is 5. The van der Waals surface area contributed by atoms with E-state index in [2.05, 4.69) is 0 Å². The van der Waals surface area contributed by atoms with Crippen molar-refractivity contribution >= 4 is 11.6 Å². The Morgan fingerprint density at radius 2 is 1.16 bits per heavy atom. The third-order valence-electron chi connectivity index (χ3n) is 4.68. The Balaban J connectivity index is 2.34. The van der Waals surface area contributed by atoms with Crippen LogP contribution in [0.2, 0.25) is 0 Å². The average molecular weight is 352 g/mol. The number of Topliss-reactive ketones (excluding diaryl/α,β-unsaturated/α-hetero) is 2. The first-order valence-electron chi connectivity index (χ1n) is 9.30. The molecule has 0 atom stereocenters. The van der Waals surface area contributed by atoms with Gasteiger partial charge in [-0.1, -0.05) is 44.9 Å². The molecule has 0 saturated carbocycles. The van der Waals surface area contributed by atoms with E-state index in [1.54, 1.807) is 6.92 Å². The normalized spacial score (nSPS) is 15.2. The van der Waals surface area contributed by atoms with Gasteiger partial charge in [0, 0.05) is 17.8 Å². The molecule has 142 valence electrons. The predicted molar refractivity (Wildman–Crippen MR) is 97.0 cm³/mol. The van der Waals surface area contributed by atoms with Crippen LogP contribution in [0.25, 0.3) is 0 Å². The lowest BCUT2D eigenvalue weighted by atomic mass is 9.89. The molecule has 0 bridgehead atoms. The van der Waals surface area contributed by atoms with E-state index in [9.17, 15) is 9.59 Å². The fourth-order valence-corrected chi connectivity index (χ4v) is 3.14. The van der Waals surface area contributed by atoms with Crippen LogP contribution in [0.3, 0.4) is 0 Å². The zero-order valence-corrected chi connectivity index (χ0v) is 15.9. The quantitative estimate of drug-likeness (QED) is 0.402. The second kappa shape index (κ2) is 11.9. The Labute approximate surface area is 151 Å². The molecule has 0 aromatic heterocycles. The number of unbranched alkanes of at least 4 members (excludes halogenated alkanes) is 8. The summed E-state index contributed by atoms with van der Waals surface area (Å²) in [5, 5.41) is 8.72. The number of rotatable bonds is 13. The van der Waals surface area contributed by atoms with Crippen molar-refractivity contribution in [3.63, 3.8) is 0 Å². The first-order valence-corrected chi connectivity index (χ1v) is 9.30. The number of aliphatic hydroxyl groups is 1. The number of ketones is 2. The van der Waals surface area contributed by atoms with Crippen LogP contribution in [-0.2, 0) is 19.1 Å². The third-order valence-corrected chi connectivity index (χ3v) is 4.68. The van der Waals surface area contributed by atoms with Gasteiger partial charge in [-0.2, -0.15) is 0 Å². The Morgan fingerprint density at radius 3 is 1.64 bits per heavy atom. The van der Waals surface area contributed by atoms with Gasteiger partial charge in [0.2, 0.25) is 23.1 Å². The molecule has 0 amide bonds. The maximum absolute atomic E-state index is 12.5. The standard InChI is InChI=1S/C20H32O5/c1-15-16(18(23)20(25-3)19(24-2)17(15)22)13-11-9-7-5-4-6-8-10-12-14-21/h21H,4-14H2,1-3H3. The predicted octanol–water partition coefficient (Wildman–Crippen LogP) is 3.85. The van der Waals surface area contributed by atoms with Gasteiger partial charge in [-0.3, -0.25) is 9.59 Å². The topological polar surface area (TPSA) is 72.8 Å². The van der Waals surface area contributed by atoms with E-state index in [0.29, 0.717) is 24.2 Å². The molecule has 5 heteroatoms. The van der Waals surface area contributed by atoms with Crippen molar-refractivity contribution in [2.45, 2.75) is 71.1 Å². The smallest absolute Gasteiger partial charge is 0.228 e. The SMILES string of the molecule is COC1=C(OC)C(=O)C(CCCCCCCCCCCO)=C(C)C1=O. The molecule has 0 aromatic rings. The summed E-state index contributed by atoms with van der Waals surface area (Å²) in [5.74, 6) is -0.442. The number of aliphatic hydroxyl groups excluding tert-OH is 1. The second-order valence-corrected chi connectivity index (χ2v) is 6.48. The van der Waals surface area contributed by atoms with Crippen LogP contribution >= 0.6 is 0 Å². The number of carbonyl (C=O) groups is 2. The summed E-state index contributed by atoms with van der Waals surface area (Å²) in [6, 6.07) is 0. The molecule has 0 aromatic carbocycles. The Hall–Kier alpha value is -1.62. The van der Waals surface area contributed by atoms with Crippen molar-refractivity contribution < 1.29 is 24.2 Å². The number of carbonyl (C=O) groups excluding carboxylic acids is 2. The highest BCUT2D eigenvalue weighted by atomic mass is 16.5. The van der Waals surface area contributed by atoms with Crippen molar-refractivity contribution in [3.8, 4) is 0 Å². The minimum Gasteiger partial charge on any atom is -0.489 e. The monoisotopic (exact) mass is 352 g/mol. The Kier molecular flexibility index (Phi) is 10.2. The fourth-order valence-electron chi connectivity index (χ4n) is 3.14. The summed E-state index contributed by atoms with van der Waals surface area (Å²) < 4.78 is 10.1. The van der Waals surface area contributed by atoms with Crippen molar-refractivity contribution in [1.29, 1.82) is 0 Å². The highest BCUT2D eigenvalue weighted by Gasteiger charge is 2.34. The van der Waals surface area contributed by atoms with Crippen molar-refractivity contribution in [3.05, 3.63) is 22.7 Å². The van der Waals surface area contributed by atoms with E-state index in [-0.39, 0.29) is 23.1 Å². The van der Waals surface area contributed by atoms with Gasteiger partial charge in [-0.05, 0) is 26.2 Å². The van der Waals surface area contributed by atoms with Crippen LogP contribution < -0.4 is 0 Å². The highest BCUT2D eigenvalue weighted by Crippen LogP contribution is 2.28. The first-order chi connectivity index (χ1) is 12.1. The van der Waals surface area contributed by atoms with Crippen LogP contribution in [0.1, 0.15) is 71.1 Å². The number of allylic oxidation sites excluding steroid dienone is 2. The molecule has 1 N–H and O–H groups in total. The lowest BCUT2D eigenvalue weighted by Crippen LogP contribution is -2.25. The zero-order chi connectivity index (χ0) is 18.7. The largest absolute Gasteiger partial charge is 0.489 e.